The lowest BCUT2D eigenvalue weighted by atomic mass is 9.87. The van der Waals surface area contributed by atoms with Crippen LogP contribution in [-0.4, -0.2) is 6.61 Å². The van der Waals surface area contributed by atoms with E-state index in [9.17, 15) is 0 Å². The molecule has 0 saturated heterocycles. The maximum Gasteiger partial charge on any atom is 0.119 e. The lowest BCUT2D eigenvalue weighted by Gasteiger charge is -2.20. The molecule has 0 aromatic heterocycles. The smallest absolute Gasteiger partial charge is 0.119 e. The molecule has 21 heavy (non-hydrogen) atoms. The van der Waals surface area contributed by atoms with E-state index >= 15 is 0 Å². The van der Waals surface area contributed by atoms with Gasteiger partial charge in [-0.1, -0.05) is 62.7 Å². The number of hydrogen-bond donors (Lipinski definition) is 1. The largest absolute Gasteiger partial charge is 0.492 e. The number of aryl methyl sites for hydroxylation is 1. The van der Waals surface area contributed by atoms with Crippen molar-refractivity contribution in [1.82, 2.24) is 0 Å². The zero-order valence-corrected chi connectivity index (χ0v) is 13.4. The van der Waals surface area contributed by atoms with Crippen molar-refractivity contribution in [3.63, 3.8) is 0 Å². The Bertz CT molecular complexity index is 581. The Morgan fingerprint density at radius 2 is 1.71 bits per heavy atom. The molecule has 112 valence electrons. The SMILES string of the molecule is Cc1ccc(C(N)COc2cccc(C(C)(C)C)c2)cc1. The summed E-state index contributed by atoms with van der Waals surface area (Å²) in [5.41, 5.74) is 9.93. The molecule has 0 aliphatic rings. The third-order valence-electron chi connectivity index (χ3n) is 3.64. The molecular formula is C19H25NO. The maximum absolute atomic E-state index is 6.19. The van der Waals surface area contributed by atoms with Crippen molar-refractivity contribution < 1.29 is 4.74 Å². The second-order valence-electron chi connectivity index (χ2n) is 6.61. The van der Waals surface area contributed by atoms with Crippen LogP contribution in [0.3, 0.4) is 0 Å². The van der Waals surface area contributed by atoms with Crippen LogP contribution in [0.1, 0.15) is 43.5 Å². The van der Waals surface area contributed by atoms with Crippen LogP contribution < -0.4 is 10.5 Å². The average Bonchev–Trinajstić information content (AvgIpc) is 2.45. The molecule has 2 aromatic carbocycles. The average molecular weight is 283 g/mol. The van der Waals surface area contributed by atoms with Crippen molar-refractivity contribution in [3.05, 3.63) is 65.2 Å². The number of nitrogens with two attached hydrogens (primary N) is 1. The highest BCUT2D eigenvalue weighted by molar-refractivity contribution is 5.33. The fourth-order valence-corrected chi connectivity index (χ4v) is 2.15. The second-order valence-corrected chi connectivity index (χ2v) is 6.61. The fraction of sp³-hybridized carbons (Fsp3) is 0.368. The van der Waals surface area contributed by atoms with E-state index in [0.717, 1.165) is 11.3 Å². The molecule has 0 saturated carbocycles. The lowest BCUT2D eigenvalue weighted by molar-refractivity contribution is 0.290. The van der Waals surface area contributed by atoms with E-state index in [1.54, 1.807) is 0 Å². The van der Waals surface area contributed by atoms with Gasteiger partial charge >= 0.3 is 0 Å². The first kappa shape index (κ1) is 15.6. The summed E-state index contributed by atoms with van der Waals surface area (Å²) in [7, 11) is 0. The van der Waals surface area contributed by atoms with Crippen molar-refractivity contribution in [2.45, 2.75) is 39.2 Å². The predicted molar refractivity (Wildman–Crippen MR) is 88.7 cm³/mol. The summed E-state index contributed by atoms with van der Waals surface area (Å²) in [6.07, 6.45) is 0. The molecule has 2 rings (SSSR count). The number of rotatable bonds is 4. The minimum absolute atomic E-state index is 0.108. The molecule has 0 heterocycles. The van der Waals surface area contributed by atoms with E-state index in [2.05, 4.69) is 64.1 Å². The van der Waals surface area contributed by atoms with Crippen molar-refractivity contribution in [1.29, 1.82) is 0 Å². The molecule has 2 nitrogen and oxygen atoms in total. The van der Waals surface area contributed by atoms with Gasteiger partial charge in [-0.2, -0.15) is 0 Å². The van der Waals surface area contributed by atoms with Crippen LogP contribution in [-0.2, 0) is 5.41 Å². The zero-order chi connectivity index (χ0) is 15.5. The Kier molecular flexibility index (Phi) is 4.69. The molecule has 0 radical (unpaired) electrons. The van der Waals surface area contributed by atoms with Crippen molar-refractivity contribution in [2.75, 3.05) is 6.61 Å². The van der Waals surface area contributed by atoms with Crippen LogP contribution in [0.25, 0.3) is 0 Å². The molecule has 2 N–H and O–H groups in total. The van der Waals surface area contributed by atoms with Gasteiger partial charge in [0, 0.05) is 0 Å². The summed E-state index contributed by atoms with van der Waals surface area (Å²) in [5.74, 6) is 0.880. The minimum Gasteiger partial charge on any atom is -0.492 e. The third-order valence-corrected chi connectivity index (χ3v) is 3.64. The van der Waals surface area contributed by atoms with Crippen LogP contribution in [0, 0.1) is 6.92 Å². The molecule has 1 unspecified atom stereocenters. The molecule has 0 aliphatic heterocycles. The van der Waals surface area contributed by atoms with Crippen molar-refractivity contribution in [2.24, 2.45) is 5.73 Å². The number of ether oxygens (including phenoxy) is 1. The Hall–Kier alpha value is -1.80. The molecule has 2 heteroatoms. The lowest BCUT2D eigenvalue weighted by Crippen LogP contribution is -2.19. The maximum atomic E-state index is 6.19. The van der Waals surface area contributed by atoms with Gasteiger partial charge in [0.05, 0.1) is 6.04 Å². The van der Waals surface area contributed by atoms with Crippen LogP contribution in [0.15, 0.2) is 48.5 Å². The Labute approximate surface area is 127 Å². The van der Waals surface area contributed by atoms with Gasteiger partial charge in [0.15, 0.2) is 0 Å². The number of benzene rings is 2. The summed E-state index contributed by atoms with van der Waals surface area (Å²) in [5, 5.41) is 0. The topological polar surface area (TPSA) is 35.2 Å². The normalized spacial score (nSPS) is 13.0. The van der Waals surface area contributed by atoms with E-state index in [1.165, 1.54) is 11.1 Å². The molecule has 0 bridgehead atoms. The van der Waals surface area contributed by atoms with Gasteiger partial charge in [-0.05, 0) is 35.6 Å². The highest BCUT2D eigenvalue weighted by Gasteiger charge is 2.14. The summed E-state index contributed by atoms with van der Waals surface area (Å²) in [6.45, 7) is 9.15. The monoisotopic (exact) mass is 283 g/mol. The van der Waals surface area contributed by atoms with E-state index in [0.29, 0.717) is 6.61 Å². The van der Waals surface area contributed by atoms with Crippen molar-refractivity contribution in [3.8, 4) is 5.75 Å². The van der Waals surface area contributed by atoms with E-state index in [4.69, 9.17) is 10.5 Å². The van der Waals surface area contributed by atoms with Gasteiger partial charge in [-0.3, -0.25) is 0 Å². The summed E-state index contributed by atoms with van der Waals surface area (Å²) in [6, 6.07) is 16.4. The molecule has 0 spiro atoms. The van der Waals surface area contributed by atoms with Gasteiger partial charge in [0.1, 0.15) is 12.4 Å². The van der Waals surface area contributed by atoms with E-state index in [-0.39, 0.29) is 11.5 Å². The van der Waals surface area contributed by atoms with E-state index in [1.807, 2.05) is 12.1 Å². The zero-order valence-electron chi connectivity index (χ0n) is 13.4. The second kappa shape index (κ2) is 6.31. The minimum atomic E-state index is -0.108. The van der Waals surface area contributed by atoms with Gasteiger partial charge < -0.3 is 10.5 Å². The molecule has 2 aromatic rings. The highest BCUT2D eigenvalue weighted by Crippen LogP contribution is 2.26. The first-order valence-corrected chi connectivity index (χ1v) is 7.42. The highest BCUT2D eigenvalue weighted by atomic mass is 16.5. The Balaban J connectivity index is 2.01. The Morgan fingerprint density at radius 3 is 2.33 bits per heavy atom. The quantitative estimate of drug-likeness (QED) is 0.904. The summed E-state index contributed by atoms with van der Waals surface area (Å²) in [4.78, 5) is 0. The molecule has 0 fully saturated rings. The first-order chi connectivity index (χ1) is 9.86. The molecule has 0 aliphatic carbocycles. The van der Waals surface area contributed by atoms with Gasteiger partial charge in [0.25, 0.3) is 0 Å². The van der Waals surface area contributed by atoms with E-state index < -0.39 is 0 Å². The third kappa shape index (κ3) is 4.33. The molecule has 0 amide bonds. The molecular weight excluding hydrogens is 258 g/mol. The predicted octanol–water partition coefficient (Wildman–Crippen LogP) is 4.37. The van der Waals surface area contributed by atoms with Crippen LogP contribution in [0.2, 0.25) is 0 Å². The first-order valence-electron chi connectivity index (χ1n) is 7.42. The van der Waals surface area contributed by atoms with Gasteiger partial charge in [0.2, 0.25) is 0 Å². The summed E-state index contributed by atoms with van der Waals surface area (Å²) >= 11 is 0. The standard InChI is InChI=1S/C19H25NO/c1-14-8-10-15(11-9-14)18(20)13-21-17-7-5-6-16(12-17)19(2,3)4/h5-12,18H,13,20H2,1-4H3. The van der Waals surface area contributed by atoms with Gasteiger partial charge in [-0.25, -0.2) is 0 Å². The van der Waals surface area contributed by atoms with Crippen LogP contribution >= 0.6 is 0 Å². The van der Waals surface area contributed by atoms with Gasteiger partial charge in [-0.15, -0.1) is 0 Å². The van der Waals surface area contributed by atoms with Crippen molar-refractivity contribution >= 4 is 0 Å². The van der Waals surface area contributed by atoms with Crippen LogP contribution in [0.4, 0.5) is 0 Å². The Morgan fingerprint density at radius 1 is 1.05 bits per heavy atom. The number of hydrogen-bond acceptors (Lipinski definition) is 2. The fourth-order valence-electron chi connectivity index (χ4n) is 2.15. The molecule has 1 atom stereocenters. The summed E-state index contributed by atoms with van der Waals surface area (Å²) < 4.78 is 5.86. The van der Waals surface area contributed by atoms with Crippen LogP contribution in [0.5, 0.6) is 5.75 Å².